The molecule has 0 radical (unpaired) electrons. The lowest BCUT2D eigenvalue weighted by Gasteiger charge is -2.18. The van der Waals surface area contributed by atoms with Crippen molar-refractivity contribution in [2.75, 3.05) is 13.2 Å². The first-order valence-electron chi connectivity index (χ1n) is 28.8. The maximum Gasteiger partial charge on any atom is 0.306 e. The van der Waals surface area contributed by atoms with E-state index in [1.54, 1.807) is 0 Å². The minimum absolute atomic E-state index is 0.0719. The first kappa shape index (κ1) is 62.9. The van der Waals surface area contributed by atoms with E-state index in [4.69, 9.17) is 14.2 Å². The third-order valence-corrected chi connectivity index (χ3v) is 12.9. The average Bonchev–Trinajstić information content (AvgIpc) is 3.30. The molecule has 65 heavy (non-hydrogen) atoms. The summed E-state index contributed by atoms with van der Waals surface area (Å²) in [5, 5.41) is 0. The number of carbonyl (C=O) groups is 3. The molecule has 6 heteroatoms. The van der Waals surface area contributed by atoms with Gasteiger partial charge in [-0.15, -0.1) is 0 Å². The maximum atomic E-state index is 12.8. The largest absolute Gasteiger partial charge is 0.462 e. The third kappa shape index (κ3) is 52.7. The first-order valence-corrected chi connectivity index (χ1v) is 28.8. The molecule has 0 saturated carbocycles. The summed E-state index contributed by atoms with van der Waals surface area (Å²) >= 11 is 0. The van der Waals surface area contributed by atoms with Crippen molar-refractivity contribution in [1.82, 2.24) is 0 Å². The quantitative estimate of drug-likeness (QED) is 0.0262. The second kappa shape index (κ2) is 54.5. The van der Waals surface area contributed by atoms with Crippen molar-refractivity contribution in [3.8, 4) is 0 Å². The Balaban J connectivity index is 4.35. The van der Waals surface area contributed by atoms with Gasteiger partial charge in [-0.3, -0.25) is 14.4 Å². The molecule has 0 saturated heterocycles. The summed E-state index contributed by atoms with van der Waals surface area (Å²) in [6, 6.07) is 0. The van der Waals surface area contributed by atoms with Crippen LogP contribution in [0.25, 0.3) is 0 Å². The van der Waals surface area contributed by atoms with Crippen LogP contribution in [0.5, 0.6) is 0 Å². The van der Waals surface area contributed by atoms with Gasteiger partial charge in [0.15, 0.2) is 6.10 Å². The highest BCUT2D eigenvalue weighted by Crippen LogP contribution is 2.16. The Labute approximate surface area is 404 Å². The van der Waals surface area contributed by atoms with Crippen molar-refractivity contribution < 1.29 is 28.6 Å². The molecule has 0 aromatic carbocycles. The summed E-state index contributed by atoms with van der Waals surface area (Å²) in [5.74, 6) is -0.864. The maximum absolute atomic E-state index is 12.8. The molecule has 0 amide bonds. The summed E-state index contributed by atoms with van der Waals surface area (Å²) in [6.45, 7) is 6.66. The summed E-state index contributed by atoms with van der Waals surface area (Å²) < 4.78 is 16.9. The van der Waals surface area contributed by atoms with Gasteiger partial charge in [-0.25, -0.2) is 0 Å². The molecule has 0 aliphatic carbocycles. The van der Waals surface area contributed by atoms with Gasteiger partial charge in [-0.2, -0.15) is 0 Å². The molecule has 0 aliphatic rings. The van der Waals surface area contributed by atoms with Gasteiger partial charge in [-0.05, 0) is 70.6 Å². The van der Waals surface area contributed by atoms with Crippen LogP contribution in [-0.2, 0) is 28.6 Å². The van der Waals surface area contributed by atoms with Crippen molar-refractivity contribution >= 4 is 17.9 Å². The molecule has 0 aromatic rings. The van der Waals surface area contributed by atoms with Gasteiger partial charge in [0.2, 0.25) is 0 Å². The van der Waals surface area contributed by atoms with E-state index in [1.165, 1.54) is 212 Å². The van der Waals surface area contributed by atoms with E-state index in [-0.39, 0.29) is 31.1 Å². The molecule has 0 fully saturated rings. The smallest absolute Gasteiger partial charge is 0.306 e. The number of ether oxygens (including phenoxy) is 3. The van der Waals surface area contributed by atoms with E-state index in [0.717, 1.165) is 64.2 Å². The van der Waals surface area contributed by atoms with E-state index in [9.17, 15) is 14.4 Å². The van der Waals surface area contributed by atoms with Gasteiger partial charge in [-0.1, -0.05) is 251 Å². The predicted octanol–water partition coefficient (Wildman–Crippen LogP) is 19.1. The van der Waals surface area contributed by atoms with Crippen LogP contribution >= 0.6 is 0 Å². The van der Waals surface area contributed by atoms with Gasteiger partial charge in [0.25, 0.3) is 0 Å². The standard InChI is InChI=1S/C59H110O6/c1-4-7-10-13-16-19-22-25-28-31-34-37-40-43-46-49-52-58(61)64-55-56(54-63-57(60)51-48-45-42-39-36-33-30-27-24-21-18-15-12-9-6-3)65-59(62)53-50-47-44-41-38-35-32-29-26-23-20-17-14-11-8-5-2/h21,24,28,31,56H,4-20,22-23,25-27,29-30,32-55H2,1-3H3/b24-21-,31-28-. The van der Waals surface area contributed by atoms with Gasteiger partial charge in [0.05, 0.1) is 0 Å². The van der Waals surface area contributed by atoms with Crippen molar-refractivity contribution in [1.29, 1.82) is 0 Å². The Bertz CT molecular complexity index is 1050. The number of hydrogen-bond acceptors (Lipinski definition) is 6. The van der Waals surface area contributed by atoms with Crippen LogP contribution in [0.15, 0.2) is 24.3 Å². The summed E-state index contributed by atoms with van der Waals surface area (Å²) in [6.07, 6.45) is 63.0. The number of rotatable bonds is 53. The van der Waals surface area contributed by atoms with Crippen LogP contribution < -0.4 is 0 Å². The van der Waals surface area contributed by atoms with Crippen molar-refractivity contribution in [3.05, 3.63) is 24.3 Å². The minimum Gasteiger partial charge on any atom is -0.462 e. The Morgan fingerprint density at radius 2 is 0.508 bits per heavy atom. The zero-order valence-corrected chi connectivity index (χ0v) is 43.8. The molecule has 0 spiro atoms. The van der Waals surface area contributed by atoms with Crippen LogP contribution in [0.2, 0.25) is 0 Å². The molecule has 0 N–H and O–H groups in total. The molecular weight excluding hydrogens is 805 g/mol. The molecule has 1 unspecified atom stereocenters. The number of unbranched alkanes of at least 4 members (excludes halogenated alkanes) is 38. The molecule has 0 rings (SSSR count). The van der Waals surface area contributed by atoms with E-state index >= 15 is 0 Å². The van der Waals surface area contributed by atoms with Gasteiger partial charge in [0, 0.05) is 19.3 Å². The van der Waals surface area contributed by atoms with E-state index in [2.05, 4.69) is 45.1 Å². The summed E-state index contributed by atoms with van der Waals surface area (Å²) in [4.78, 5) is 38.1. The molecule has 382 valence electrons. The number of allylic oxidation sites excluding steroid dienone is 4. The fourth-order valence-corrected chi connectivity index (χ4v) is 8.55. The SMILES string of the molecule is CCCCCC/C=C\CCCCCCCCCC(=O)OCC(COC(=O)CCCCCCC/C=C\CCCCCCCCC)OC(=O)CCCCCCCCCCCCCCCCCC. The highest BCUT2D eigenvalue weighted by Gasteiger charge is 2.19. The van der Waals surface area contributed by atoms with Crippen molar-refractivity contribution in [2.45, 2.75) is 322 Å². The van der Waals surface area contributed by atoms with Crippen LogP contribution in [0.3, 0.4) is 0 Å². The van der Waals surface area contributed by atoms with E-state index < -0.39 is 6.10 Å². The van der Waals surface area contributed by atoms with Gasteiger partial charge in [0.1, 0.15) is 13.2 Å². The summed E-state index contributed by atoms with van der Waals surface area (Å²) in [5.41, 5.74) is 0. The van der Waals surface area contributed by atoms with E-state index in [0.29, 0.717) is 19.3 Å². The number of esters is 3. The molecule has 0 aliphatic heterocycles. The van der Waals surface area contributed by atoms with Crippen LogP contribution in [-0.4, -0.2) is 37.2 Å². The molecule has 1 atom stereocenters. The molecule has 0 bridgehead atoms. The normalized spacial score (nSPS) is 12.1. The second-order valence-electron chi connectivity index (χ2n) is 19.6. The predicted molar refractivity (Wildman–Crippen MR) is 279 cm³/mol. The van der Waals surface area contributed by atoms with Crippen LogP contribution in [0, 0.1) is 0 Å². The fourth-order valence-electron chi connectivity index (χ4n) is 8.55. The Hall–Kier alpha value is -2.11. The zero-order chi connectivity index (χ0) is 47.2. The highest BCUT2D eigenvalue weighted by molar-refractivity contribution is 5.71. The molecule has 0 aromatic heterocycles. The summed E-state index contributed by atoms with van der Waals surface area (Å²) in [7, 11) is 0. The van der Waals surface area contributed by atoms with Gasteiger partial charge < -0.3 is 14.2 Å². The minimum atomic E-state index is -0.772. The van der Waals surface area contributed by atoms with Crippen LogP contribution in [0.1, 0.15) is 316 Å². The van der Waals surface area contributed by atoms with Crippen LogP contribution in [0.4, 0.5) is 0 Å². The zero-order valence-electron chi connectivity index (χ0n) is 43.8. The first-order chi connectivity index (χ1) is 32.0. The van der Waals surface area contributed by atoms with Crippen molar-refractivity contribution in [3.63, 3.8) is 0 Å². The molecule has 6 nitrogen and oxygen atoms in total. The van der Waals surface area contributed by atoms with Gasteiger partial charge >= 0.3 is 17.9 Å². The molecule has 0 heterocycles. The topological polar surface area (TPSA) is 78.9 Å². The fraction of sp³-hybridized carbons (Fsp3) is 0.881. The highest BCUT2D eigenvalue weighted by atomic mass is 16.6. The molecular formula is C59H110O6. The lowest BCUT2D eigenvalue weighted by atomic mass is 10.0. The number of hydrogen-bond donors (Lipinski definition) is 0. The lowest BCUT2D eigenvalue weighted by Crippen LogP contribution is -2.30. The van der Waals surface area contributed by atoms with E-state index in [1.807, 2.05) is 0 Å². The Kier molecular flexibility index (Phi) is 52.7. The average molecular weight is 916 g/mol. The number of carbonyl (C=O) groups excluding carboxylic acids is 3. The Morgan fingerprint density at radius 1 is 0.292 bits per heavy atom. The van der Waals surface area contributed by atoms with Crippen molar-refractivity contribution in [2.24, 2.45) is 0 Å². The monoisotopic (exact) mass is 915 g/mol. The second-order valence-corrected chi connectivity index (χ2v) is 19.6. The third-order valence-electron chi connectivity index (χ3n) is 12.9. The lowest BCUT2D eigenvalue weighted by molar-refractivity contribution is -0.167. The Morgan fingerprint density at radius 3 is 0.785 bits per heavy atom.